The van der Waals surface area contributed by atoms with Gasteiger partial charge < -0.3 is 4.42 Å². The van der Waals surface area contributed by atoms with Gasteiger partial charge in [-0.1, -0.05) is 52.0 Å². The number of benzene rings is 2. The lowest BCUT2D eigenvalue weighted by Gasteiger charge is -2.11. The quantitative estimate of drug-likeness (QED) is 0.572. The SMILES string of the molecule is CC(C)Cc1cc(CC(C)C)c2c(c1)oc1ccccc12. The van der Waals surface area contributed by atoms with Gasteiger partial charge in [0.05, 0.1) is 0 Å². The molecule has 0 fully saturated rings. The monoisotopic (exact) mass is 280 g/mol. The van der Waals surface area contributed by atoms with Crippen LogP contribution in [0.25, 0.3) is 21.9 Å². The first kappa shape index (κ1) is 14.2. The van der Waals surface area contributed by atoms with Crippen LogP contribution in [0.5, 0.6) is 0 Å². The first-order chi connectivity index (χ1) is 10.0. The van der Waals surface area contributed by atoms with E-state index in [1.165, 1.54) is 21.9 Å². The van der Waals surface area contributed by atoms with E-state index in [-0.39, 0.29) is 0 Å². The molecule has 3 aromatic rings. The highest BCUT2D eigenvalue weighted by molar-refractivity contribution is 6.06. The topological polar surface area (TPSA) is 13.1 Å². The van der Waals surface area contributed by atoms with Crippen LogP contribution in [0.4, 0.5) is 0 Å². The van der Waals surface area contributed by atoms with Crippen LogP contribution in [0.15, 0.2) is 40.8 Å². The smallest absolute Gasteiger partial charge is 0.135 e. The Morgan fingerprint density at radius 1 is 0.857 bits per heavy atom. The fourth-order valence-corrected chi connectivity index (χ4v) is 3.19. The maximum Gasteiger partial charge on any atom is 0.135 e. The normalized spacial score (nSPS) is 12.1. The predicted molar refractivity (Wildman–Crippen MR) is 90.8 cm³/mol. The first-order valence-electron chi connectivity index (χ1n) is 7.97. The maximum absolute atomic E-state index is 6.10. The van der Waals surface area contributed by atoms with Gasteiger partial charge in [-0.15, -0.1) is 0 Å². The van der Waals surface area contributed by atoms with Crippen molar-refractivity contribution in [1.29, 1.82) is 0 Å². The Kier molecular flexibility index (Phi) is 3.75. The number of hydrogen-bond donors (Lipinski definition) is 0. The van der Waals surface area contributed by atoms with E-state index in [0.29, 0.717) is 11.8 Å². The summed E-state index contributed by atoms with van der Waals surface area (Å²) in [6, 6.07) is 13.0. The van der Waals surface area contributed by atoms with Gasteiger partial charge in [-0.3, -0.25) is 0 Å². The molecule has 0 spiro atoms. The zero-order valence-corrected chi connectivity index (χ0v) is 13.4. The second-order valence-electron chi connectivity index (χ2n) is 6.92. The van der Waals surface area contributed by atoms with Crippen molar-refractivity contribution in [3.63, 3.8) is 0 Å². The summed E-state index contributed by atoms with van der Waals surface area (Å²) < 4.78 is 6.10. The van der Waals surface area contributed by atoms with Gasteiger partial charge >= 0.3 is 0 Å². The lowest BCUT2D eigenvalue weighted by molar-refractivity contribution is 0.633. The molecule has 0 bridgehead atoms. The first-order valence-corrected chi connectivity index (χ1v) is 7.97. The molecule has 0 aliphatic rings. The van der Waals surface area contributed by atoms with E-state index in [4.69, 9.17) is 4.42 Å². The second kappa shape index (κ2) is 5.55. The van der Waals surface area contributed by atoms with Crippen LogP contribution in [-0.2, 0) is 12.8 Å². The number of furan rings is 1. The summed E-state index contributed by atoms with van der Waals surface area (Å²) in [7, 11) is 0. The Labute approximate surface area is 127 Å². The molecule has 0 radical (unpaired) electrons. The van der Waals surface area contributed by atoms with Crippen LogP contribution in [0.3, 0.4) is 0 Å². The Balaban J connectivity index is 2.25. The molecule has 1 nitrogen and oxygen atoms in total. The molecule has 1 heteroatoms. The van der Waals surface area contributed by atoms with Crippen molar-refractivity contribution in [2.45, 2.75) is 40.5 Å². The molecular weight excluding hydrogens is 256 g/mol. The Hall–Kier alpha value is -1.76. The number of fused-ring (bicyclic) bond motifs is 3. The molecule has 0 amide bonds. The van der Waals surface area contributed by atoms with Crippen molar-refractivity contribution < 1.29 is 4.42 Å². The minimum atomic E-state index is 0.649. The van der Waals surface area contributed by atoms with Crippen LogP contribution in [0.2, 0.25) is 0 Å². The van der Waals surface area contributed by atoms with Crippen LogP contribution in [0.1, 0.15) is 38.8 Å². The Morgan fingerprint density at radius 2 is 1.57 bits per heavy atom. The molecule has 0 unspecified atom stereocenters. The largest absolute Gasteiger partial charge is 0.456 e. The molecule has 0 aliphatic heterocycles. The zero-order chi connectivity index (χ0) is 15.0. The summed E-state index contributed by atoms with van der Waals surface area (Å²) in [6.07, 6.45) is 2.21. The molecule has 1 heterocycles. The lowest BCUT2D eigenvalue weighted by Crippen LogP contribution is -1.99. The highest BCUT2D eigenvalue weighted by atomic mass is 16.3. The van der Waals surface area contributed by atoms with Crippen molar-refractivity contribution in [3.05, 3.63) is 47.5 Å². The molecular formula is C20H24O. The van der Waals surface area contributed by atoms with Gasteiger partial charge in [0.25, 0.3) is 0 Å². The van der Waals surface area contributed by atoms with E-state index in [2.05, 4.69) is 58.0 Å². The third kappa shape index (κ3) is 2.83. The van der Waals surface area contributed by atoms with E-state index < -0.39 is 0 Å². The average molecular weight is 280 g/mol. The summed E-state index contributed by atoms with van der Waals surface area (Å²) in [5.74, 6) is 1.31. The summed E-state index contributed by atoms with van der Waals surface area (Å²) in [5, 5.41) is 2.56. The minimum Gasteiger partial charge on any atom is -0.456 e. The highest BCUT2D eigenvalue weighted by Gasteiger charge is 2.14. The zero-order valence-electron chi connectivity index (χ0n) is 13.4. The van der Waals surface area contributed by atoms with Crippen molar-refractivity contribution in [1.82, 2.24) is 0 Å². The molecule has 0 aliphatic carbocycles. The standard InChI is InChI=1S/C20H24O/c1-13(2)9-15-11-16(10-14(3)4)20-17-7-5-6-8-18(17)21-19(20)12-15/h5-8,11-14H,9-10H2,1-4H3. The predicted octanol–water partition coefficient (Wildman–Crippen LogP) is 5.98. The van der Waals surface area contributed by atoms with Gasteiger partial charge in [-0.2, -0.15) is 0 Å². The van der Waals surface area contributed by atoms with Gasteiger partial charge in [-0.25, -0.2) is 0 Å². The minimum absolute atomic E-state index is 0.649. The second-order valence-corrected chi connectivity index (χ2v) is 6.92. The lowest BCUT2D eigenvalue weighted by atomic mass is 9.93. The Bertz CT molecular complexity index is 762. The van der Waals surface area contributed by atoms with Crippen LogP contribution in [-0.4, -0.2) is 0 Å². The van der Waals surface area contributed by atoms with Crippen molar-refractivity contribution in [2.24, 2.45) is 11.8 Å². The van der Waals surface area contributed by atoms with Gasteiger partial charge in [0.1, 0.15) is 11.2 Å². The van der Waals surface area contributed by atoms with Crippen LogP contribution >= 0.6 is 0 Å². The van der Waals surface area contributed by atoms with Crippen LogP contribution in [0, 0.1) is 11.8 Å². The summed E-state index contributed by atoms with van der Waals surface area (Å²) in [6.45, 7) is 9.10. The fourth-order valence-electron chi connectivity index (χ4n) is 3.19. The molecule has 0 atom stereocenters. The third-order valence-corrected chi connectivity index (χ3v) is 3.89. The average Bonchev–Trinajstić information content (AvgIpc) is 2.75. The summed E-state index contributed by atoms with van der Waals surface area (Å²) >= 11 is 0. The molecule has 0 saturated heterocycles. The molecule has 0 saturated carbocycles. The number of para-hydroxylation sites is 1. The summed E-state index contributed by atoms with van der Waals surface area (Å²) in [5.41, 5.74) is 4.87. The molecule has 2 aromatic carbocycles. The van der Waals surface area contributed by atoms with Gasteiger partial charge in [0, 0.05) is 10.8 Å². The highest BCUT2D eigenvalue weighted by Crippen LogP contribution is 2.34. The molecule has 1 aromatic heterocycles. The Morgan fingerprint density at radius 3 is 2.29 bits per heavy atom. The van der Waals surface area contributed by atoms with Gasteiger partial charge in [0.2, 0.25) is 0 Å². The number of hydrogen-bond acceptors (Lipinski definition) is 1. The van der Waals surface area contributed by atoms with E-state index in [1.807, 2.05) is 6.07 Å². The van der Waals surface area contributed by atoms with Crippen molar-refractivity contribution in [3.8, 4) is 0 Å². The third-order valence-electron chi connectivity index (χ3n) is 3.89. The van der Waals surface area contributed by atoms with E-state index >= 15 is 0 Å². The van der Waals surface area contributed by atoms with Crippen molar-refractivity contribution >= 4 is 21.9 Å². The molecule has 3 rings (SSSR count). The van der Waals surface area contributed by atoms with E-state index in [9.17, 15) is 0 Å². The number of rotatable bonds is 4. The molecule has 110 valence electrons. The maximum atomic E-state index is 6.10. The summed E-state index contributed by atoms with van der Waals surface area (Å²) in [4.78, 5) is 0. The van der Waals surface area contributed by atoms with Crippen molar-refractivity contribution in [2.75, 3.05) is 0 Å². The van der Waals surface area contributed by atoms with E-state index in [0.717, 1.165) is 24.0 Å². The molecule has 21 heavy (non-hydrogen) atoms. The van der Waals surface area contributed by atoms with Gasteiger partial charge in [-0.05, 0) is 47.9 Å². The van der Waals surface area contributed by atoms with Crippen LogP contribution < -0.4 is 0 Å². The van der Waals surface area contributed by atoms with Gasteiger partial charge in [0.15, 0.2) is 0 Å². The van der Waals surface area contributed by atoms with E-state index in [1.54, 1.807) is 0 Å². The fraction of sp³-hybridized carbons (Fsp3) is 0.400. The molecule has 0 N–H and O–H groups in total.